The standard InChI is InChI=1S/C15H19N3O2/c1-3-16-14(15(19)20-2)11-18-10-13(9-17-18)12-7-5-4-6-8-12/h4-10,14,16H,3,11H2,1-2H3. The van der Waals surface area contributed by atoms with Crippen LogP contribution < -0.4 is 5.32 Å². The SMILES string of the molecule is CCNC(Cn1cc(-c2ccccc2)cn1)C(=O)OC. The van der Waals surface area contributed by atoms with Crippen molar-refractivity contribution < 1.29 is 9.53 Å². The third-order valence-electron chi connectivity index (χ3n) is 3.05. The first-order valence-corrected chi connectivity index (χ1v) is 6.63. The number of methoxy groups -OCH3 is 1. The maximum Gasteiger partial charge on any atom is 0.324 e. The highest BCUT2D eigenvalue weighted by Gasteiger charge is 2.18. The molecule has 106 valence electrons. The van der Waals surface area contributed by atoms with Gasteiger partial charge in [0.05, 0.1) is 19.9 Å². The number of hydrogen-bond donors (Lipinski definition) is 1. The minimum absolute atomic E-state index is 0.274. The van der Waals surface area contributed by atoms with E-state index in [-0.39, 0.29) is 12.0 Å². The maximum atomic E-state index is 11.7. The van der Waals surface area contributed by atoms with E-state index in [1.54, 1.807) is 10.9 Å². The zero-order valence-corrected chi connectivity index (χ0v) is 11.7. The number of nitrogens with zero attached hydrogens (tertiary/aromatic N) is 2. The second-order valence-corrected chi connectivity index (χ2v) is 4.45. The summed E-state index contributed by atoms with van der Waals surface area (Å²) in [6.07, 6.45) is 3.73. The van der Waals surface area contributed by atoms with Crippen LogP contribution in [0.25, 0.3) is 11.1 Å². The number of carbonyl (C=O) groups excluding carboxylic acids is 1. The third kappa shape index (κ3) is 3.45. The highest BCUT2D eigenvalue weighted by atomic mass is 16.5. The van der Waals surface area contributed by atoms with Gasteiger partial charge in [0.25, 0.3) is 0 Å². The third-order valence-corrected chi connectivity index (χ3v) is 3.05. The number of rotatable bonds is 6. The Kier molecular flexibility index (Phi) is 4.90. The van der Waals surface area contributed by atoms with Crippen LogP contribution in [-0.4, -0.2) is 35.4 Å². The van der Waals surface area contributed by atoms with Gasteiger partial charge in [0, 0.05) is 11.8 Å². The fourth-order valence-electron chi connectivity index (χ4n) is 2.04. The van der Waals surface area contributed by atoms with Crippen molar-refractivity contribution in [3.63, 3.8) is 0 Å². The molecular weight excluding hydrogens is 254 g/mol. The minimum Gasteiger partial charge on any atom is -0.468 e. The van der Waals surface area contributed by atoms with E-state index in [2.05, 4.69) is 10.4 Å². The molecule has 1 aromatic carbocycles. The van der Waals surface area contributed by atoms with E-state index in [9.17, 15) is 4.79 Å². The lowest BCUT2D eigenvalue weighted by Crippen LogP contribution is -2.41. The lowest BCUT2D eigenvalue weighted by molar-refractivity contribution is -0.143. The normalized spacial score (nSPS) is 12.1. The molecule has 1 unspecified atom stereocenters. The van der Waals surface area contributed by atoms with Crippen LogP contribution in [0.3, 0.4) is 0 Å². The van der Waals surface area contributed by atoms with E-state index >= 15 is 0 Å². The quantitative estimate of drug-likeness (QED) is 0.814. The summed E-state index contributed by atoms with van der Waals surface area (Å²) >= 11 is 0. The highest BCUT2D eigenvalue weighted by molar-refractivity contribution is 5.75. The summed E-state index contributed by atoms with van der Waals surface area (Å²) < 4.78 is 6.54. The first-order chi connectivity index (χ1) is 9.74. The number of ether oxygens (including phenoxy) is 1. The molecule has 1 heterocycles. The van der Waals surface area contributed by atoms with Crippen LogP contribution in [0.2, 0.25) is 0 Å². The van der Waals surface area contributed by atoms with Gasteiger partial charge in [-0.1, -0.05) is 37.3 Å². The number of carbonyl (C=O) groups is 1. The van der Waals surface area contributed by atoms with Gasteiger partial charge in [-0.2, -0.15) is 5.10 Å². The Labute approximate surface area is 118 Å². The lowest BCUT2D eigenvalue weighted by atomic mass is 10.1. The number of nitrogens with one attached hydrogen (secondary N) is 1. The first kappa shape index (κ1) is 14.3. The Morgan fingerprint density at radius 1 is 1.35 bits per heavy atom. The van der Waals surface area contributed by atoms with Gasteiger partial charge < -0.3 is 10.1 Å². The fourth-order valence-corrected chi connectivity index (χ4v) is 2.04. The summed E-state index contributed by atoms with van der Waals surface area (Å²) in [7, 11) is 1.39. The molecule has 0 amide bonds. The summed E-state index contributed by atoms with van der Waals surface area (Å²) in [5.41, 5.74) is 2.14. The predicted octanol–water partition coefficient (Wildman–Crippen LogP) is 1.70. The van der Waals surface area contributed by atoms with E-state index < -0.39 is 0 Å². The molecule has 1 N–H and O–H groups in total. The van der Waals surface area contributed by atoms with Crippen molar-refractivity contribution in [2.24, 2.45) is 0 Å². The van der Waals surface area contributed by atoms with Gasteiger partial charge >= 0.3 is 5.97 Å². The molecule has 0 aliphatic heterocycles. The summed E-state index contributed by atoms with van der Waals surface area (Å²) in [6.45, 7) is 3.11. The van der Waals surface area contributed by atoms with Gasteiger partial charge in [0.2, 0.25) is 0 Å². The van der Waals surface area contributed by atoms with Crippen molar-refractivity contribution in [3.8, 4) is 11.1 Å². The molecule has 2 rings (SSSR count). The molecule has 0 fully saturated rings. The highest BCUT2D eigenvalue weighted by Crippen LogP contribution is 2.17. The van der Waals surface area contributed by atoms with Gasteiger partial charge in [-0.25, -0.2) is 0 Å². The van der Waals surface area contributed by atoms with Crippen molar-refractivity contribution in [2.45, 2.75) is 19.5 Å². The van der Waals surface area contributed by atoms with Crippen molar-refractivity contribution in [1.29, 1.82) is 0 Å². The van der Waals surface area contributed by atoms with Crippen LogP contribution in [0.4, 0.5) is 0 Å². The van der Waals surface area contributed by atoms with Crippen molar-refractivity contribution in [2.75, 3.05) is 13.7 Å². The van der Waals surface area contributed by atoms with E-state index in [1.165, 1.54) is 7.11 Å². The fraction of sp³-hybridized carbons (Fsp3) is 0.333. The van der Waals surface area contributed by atoms with E-state index in [0.29, 0.717) is 13.1 Å². The first-order valence-electron chi connectivity index (χ1n) is 6.63. The molecule has 0 aliphatic rings. The van der Waals surface area contributed by atoms with Gasteiger partial charge in [-0.3, -0.25) is 9.48 Å². The topological polar surface area (TPSA) is 56.2 Å². The Balaban J connectivity index is 2.10. The van der Waals surface area contributed by atoms with E-state index in [1.807, 2.05) is 43.5 Å². The molecule has 5 nitrogen and oxygen atoms in total. The molecule has 2 aromatic rings. The number of benzene rings is 1. The molecule has 0 saturated heterocycles. The van der Waals surface area contributed by atoms with Crippen LogP contribution in [0.1, 0.15) is 6.92 Å². The van der Waals surface area contributed by atoms with Crippen LogP contribution >= 0.6 is 0 Å². The molecule has 0 bridgehead atoms. The second kappa shape index (κ2) is 6.86. The van der Waals surface area contributed by atoms with Crippen LogP contribution in [0, 0.1) is 0 Å². The molecule has 0 saturated carbocycles. The van der Waals surface area contributed by atoms with Gasteiger partial charge in [0.15, 0.2) is 0 Å². The van der Waals surface area contributed by atoms with Gasteiger partial charge in [-0.15, -0.1) is 0 Å². The average Bonchev–Trinajstić information content (AvgIpc) is 2.95. The molecule has 5 heteroatoms. The van der Waals surface area contributed by atoms with Crippen LogP contribution in [-0.2, 0) is 16.1 Å². The zero-order valence-electron chi connectivity index (χ0n) is 11.7. The Morgan fingerprint density at radius 2 is 2.10 bits per heavy atom. The number of aromatic nitrogens is 2. The molecule has 0 spiro atoms. The van der Waals surface area contributed by atoms with Crippen molar-refractivity contribution >= 4 is 5.97 Å². The zero-order chi connectivity index (χ0) is 14.4. The number of likely N-dealkylation sites (N-methyl/N-ethyl adjacent to an activating group) is 1. The minimum atomic E-state index is -0.381. The molecule has 20 heavy (non-hydrogen) atoms. The van der Waals surface area contributed by atoms with Crippen LogP contribution in [0.5, 0.6) is 0 Å². The monoisotopic (exact) mass is 273 g/mol. The molecular formula is C15H19N3O2. The van der Waals surface area contributed by atoms with E-state index in [4.69, 9.17) is 4.74 Å². The van der Waals surface area contributed by atoms with E-state index in [0.717, 1.165) is 11.1 Å². The molecule has 0 radical (unpaired) electrons. The predicted molar refractivity (Wildman–Crippen MR) is 77.1 cm³/mol. The van der Waals surface area contributed by atoms with Crippen LogP contribution in [0.15, 0.2) is 42.7 Å². The molecule has 1 atom stereocenters. The Morgan fingerprint density at radius 3 is 2.75 bits per heavy atom. The number of esters is 1. The average molecular weight is 273 g/mol. The maximum absolute atomic E-state index is 11.7. The summed E-state index contributed by atoms with van der Waals surface area (Å²) in [5.74, 6) is -0.274. The number of hydrogen-bond acceptors (Lipinski definition) is 4. The summed E-state index contributed by atoms with van der Waals surface area (Å²) in [4.78, 5) is 11.7. The Bertz CT molecular complexity index is 551. The largest absolute Gasteiger partial charge is 0.468 e. The van der Waals surface area contributed by atoms with Gasteiger partial charge in [-0.05, 0) is 12.1 Å². The molecule has 0 aliphatic carbocycles. The van der Waals surface area contributed by atoms with Crippen molar-refractivity contribution in [1.82, 2.24) is 15.1 Å². The lowest BCUT2D eigenvalue weighted by Gasteiger charge is -2.15. The molecule has 1 aromatic heterocycles. The van der Waals surface area contributed by atoms with Gasteiger partial charge in [0.1, 0.15) is 6.04 Å². The second-order valence-electron chi connectivity index (χ2n) is 4.45. The summed E-state index contributed by atoms with van der Waals surface area (Å²) in [5, 5.41) is 7.40. The Hall–Kier alpha value is -2.14. The smallest absolute Gasteiger partial charge is 0.324 e. The van der Waals surface area contributed by atoms with Crippen molar-refractivity contribution in [3.05, 3.63) is 42.7 Å². The summed E-state index contributed by atoms with van der Waals surface area (Å²) in [6, 6.07) is 9.64.